The highest BCUT2D eigenvalue weighted by Crippen LogP contribution is 2.33. The molecule has 0 aromatic heterocycles. The van der Waals surface area contributed by atoms with Gasteiger partial charge in [-0.15, -0.1) is 0 Å². The molecular weight excluding hydrogens is 354 g/mol. The second-order valence-corrected chi connectivity index (χ2v) is 7.06. The van der Waals surface area contributed by atoms with Crippen LogP contribution in [-0.2, 0) is 11.3 Å². The van der Waals surface area contributed by atoms with Gasteiger partial charge in [-0.05, 0) is 36.4 Å². The maximum absolute atomic E-state index is 12.7. The van der Waals surface area contributed by atoms with Crippen molar-refractivity contribution in [2.24, 2.45) is 0 Å². The maximum Gasteiger partial charge on any atom is 0.291 e. The van der Waals surface area contributed by atoms with Gasteiger partial charge in [-0.2, -0.15) is 0 Å². The first-order chi connectivity index (χ1) is 12.4. The van der Waals surface area contributed by atoms with Crippen molar-refractivity contribution < 1.29 is 14.5 Å². The van der Waals surface area contributed by atoms with Gasteiger partial charge in [0.25, 0.3) is 16.8 Å². The Kier molecular flexibility index (Phi) is 4.94. The third kappa shape index (κ3) is 3.55. The summed E-state index contributed by atoms with van der Waals surface area (Å²) in [5.74, 6) is -0.290. The van der Waals surface area contributed by atoms with Crippen LogP contribution in [0.5, 0.6) is 0 Å². The molecule has 8 heteroatoms. The van der Waals surface area contributed by atoms with Crippen LogP contribution in [-0.4, -0.2) is 33.4 Å². The summed E-state index contributed by atoms with van der Waals surface area (Å²) in [6.45, 7) is 2.08. The minimum atomic E-state index is -0.622. The van der Waals surface area contributed by atoms with Gasteiger partial charge in [0.2, 0.25) is 0 Å². The number of nitrogens with zero attached hydrogens (tertiary/aromatic N) is 3. The van der Waals surface area contributed by atoms with Gasteiger partial charge < -0.3 is 4.90 Å². The first-order valence-corrected chi connectivity index (χ1v) is 8.79. The number of anilines is 1. The molecule has 2 aromatic carbocycles. The molecule has 7 nitrogen and oxygen atoms in total. The standard InChI is InChI=1S/C18H17N3O4S/c1-12-3-7-14(8-4-12)19(2)17-16(22)20(18(23)26-17)11-13-5-9-15(10-6-13)21(24)25/h3-10,17H,11H2,1-2H3/t17-/m1/s1. The molecule has 0 radical (unpaired) electrons. The Balaban J connectivity index is 1.74. The average molecular weight is 371 g/mol. The molecule has 1 saturated heterocycles. The number of nitro groups is 1. The molecule has 1 aliphatic rings. The van der Waals surface area contributed by atoms with Crippen molar-refractivity contribution in [2.45, 2.75) is 18.8 Å². The molecule has 0 N–H and O–H groups in total. The van der Waals surface area contributed by atoms with Gasteiger partial charge in [0.05, 0.1) is 11.5 Å². The van der Waals surface area contributed by atoms with Gasteiger partial charge in [-0.25, -0.2) is 0 Å². The van der Waals surface area contributed by atoms with Gasteiger partial charge in [0, 0.05) is 24.9 Å². The molecule has 0 bridgehead atoms. The van der Waals surface area contributed by atoms with Gasteiger partial charge in [-0.1, -0.05) is 29.8 Å². The second-order valence-electron chi connectivity index (χ2n) is 6.03. The number of imide groups is 1. The van der Waals surface area contributed by atoms with Gasteiger partial charge in [0.15, 0.2) is 5.37 Å². The van der Waals surface area contributed by atoms with E-state index in [0.717, 1.165) is 23.0 Å². The fraction of sp³-hybridized carbons (Fsp3) is 0.222. The molecule has 1 atom stereocenters. The quantitative estimate of drug-likeness (QED) is 0.590. The normalized spacial score (nSPS) is 16.8. The van der Waals surface area contributed by atoms with Crippen molar-refractivity contribution in [3.05, 3.63) is 69.8 Å². The number of carbonyl (C=O) groups is 2. The summed E-state index contributed by atoms with van der Waals surface area (Å²) >= 11 is 0.971. The predicted molar refractivity (Wildman–Crippen MR) is 100 cm³/mol. The van der Waals surface area contributed by atoms with Gasteiger partial charge >= 0.3 is 0 Å². The molecule has 3 rings (SSSR count). The van der Waals surface area contributed by atoms with E-state index >= 15 is 0 Å². The Morgan fingerprint density at radius 1 is 1.12 bits per heavy atom. The number of amides is 2. The van der Waals surface area contributed by atoms with E-state index in [9.17, 15) is 19.7 Å². The highest BCUT2D eigenvalue weighted by atomic mass is 32.2. The van der Waals surface area contributed by atoms with E-state index in [-0.39, 0.29) is 23.4 Å². The lowest BCUT2D eigenvalue weighted by molar-refractivity contribution is -0.384. The van der Waals surface area contributed by atoms with Crippen LogP contribution in [0.25, 0.3) is 0 Å². The third-order valence-corrected chi connectivity index (χ3v) is 5.35. The summed E-state index contributed by atoms with van der Waals surface area (Å²) in [7, 11) is 1.78. The van der Waals surface area contributed by atoms with Crippen LogP contribution in [0.3, 0.4) is 0 Å². The lowest BCUT2D eigenvalue weighted by Crippen LogP contribution is -2.39. The lowest BCUT2D eigenvalue weighted by atomic mass is 10.2. The Morgan fingerprint density at radius 2 is 1.73 bits per heavy atom. The smallest absolute Gasteiger partial charge is 0.291 e. The monoisotopic (exact) mass is 371 g/mol. The Hall–Kier alpha value is -2.87. The van der Waals surface area contributed by atoms with Crippen molar-refractivity contribution >= 4 is 34.3 Å². The second kappa shape index (κ2) is 7.17. The molecule has 1 aliphatic heterocycles. The Morgan fingerprint density at radius 3 is 2.31 bits per heavy atom. The maximum atomic E-state index is 12.7. The summed E-state index contributed by atoms with van der Waals surface area (Å²) in [6.07, 6.45) is 0. The fourth-order valence-corrected chi connectivity index (χ4v) is 3.62. The molecule has 0 saturated carbocycles. The van der Waals surface area contributed by atoms with Gasteiger partial charge in [-0.3, -0.25) is 24.6 Å². The summed E-state index contributed by atoms with van der Waals surface area (Å²) in [5, 5.41) is 9.77. The van der Waals surface area contributed by atoms with Crippen molar-refractivity contribution in [1.29, 1.82) is 0 Å². The first-order valence-electron chi connectivity index (χ1n) is 7.91. The van der Waals surface area contributed by atoms with Crippen LogP contribution in [0.2, 0.25) is 0 Å². The molecule has 1 fully saturated rings. The number of hydrogen-bond acceptors (Lipinski definition) is 6. The van der Waals surface area contributed by atoms with E-state index in [1.165, 1.54) is 17.0 Å². The molecule has 26 heavy (non-hydrogen) atoms. The SMILES string of the molecule is Cc1ccc(N(C)[C@@H]2SC(=O)N(Cc3ccc([N+](=O)[O-])cc3)C2=O)cc1. The zero-order chi connectivity index (χ0) is 18.8. The summed E-state index contributed by atoms with van der Waals surface area (Å²) in [4.78, 5) is 38.2. The van der Waals surface area contributed by atoms with Crippen LogP contribution in [0.4, 0.5) is 16.2 Å². The van der Waals surface area contributed by atoms with Crippen LogP contribution in [0, 0.1) is 17.0 Å². The Bertz CT molecular complexity index is 852. The van der Waals surface area contributed by atoms with Crippen molar-refractivity contribution in [2.75, 3.05) is 11.9 Å². The van der Waals surface area contributed by atoms with Crippen molar-refractivity contribution in [3.8, 4) is 0 Å². The molecular formula is C18H17N3O4S. The van der Waals surface area contributed by atoms with Crippen molar-refractivity contribution in [3.63, 3.8) is 0 Å². The van der Waals surface area contributed by atoms with Crippen LogP contribution in [0.15, 0.2) is 48.5 Å². The number of thioether (sulfide) groups is 1. The highest BCUT2D eigenvalue weighted by molar-refractivity contribution is 8.15. The fourth-order valence-electron chi connectivity index (χ4n) is 2.64. The number of hydrogen-bond donors (Lipinski definition) is 0. The largest absolute Gasteiger partial charge is 0.354 e. The van der Waals surface area contributed by atoms with Crippen molar-refractivity contribution in [1.82, 2.24) is 4.90 Å². The molecule has 1 heterocycles. The number of non-ortho nitro benzene ring substituents is 1. The summed E-state index contributed by atoms with van der Waals surface area (Å²) in [5.41, 5.74) is 2.60. The van der Waals surface area contributed by atoms with Crippen LogP contribution in [0.1, 0.15) is 11.1 Å². The number of nitro benzene ring substituents is 1. The molecule has 134 valence electrons. The summed E-state index contributed by atoms with van der Waals surface area (Å²) in [6, 6.07) is 13.6. The van der Waals surface area contributed by atoms with E-state index < -0.39 is 10.3 Å². The number of rotatable bonds is 5. The first kappa shape index (κ1) is 17.9. The molecule has 2 amide bonds. The third-order valence-electron chi connectivity index (χ3n) is 4.19. The molecule has 0 spiro atoms. The van der Waals surface area contributed by atoms with E-state index in [0.29, 0.717) is 5.56 Å². The lowest BCUT2D eigenvalue weighted by Gasteiger charge is -2.24. The predicted octanol–water partition coefficient (Wildman–Crippen LogP) is 3.56. The number of likely N-dealkylation sites (N-methyl/N-ethyl adjacent to an activating group) is 1. The van der Waals surface area contributed by atoms with E-state index in [2.05, 4.69) is 0 Å². The minimum absolute atomic E-state index is 0.0285. The van der Waals surface area contributed by atoms with Gasteiger partial charge in [0.1, 0.15) is 0 Å². The number of aryl methyl sites for hydroxylation is 1. The number of benzene rings is 2. The minimum Gasteiger partial charge on any atom is -0.354 e. The molecule has 0 unspecified atom stereocenters. The Labute approximate surface area is 154 Å². The molecule has 0 aliphatic carbocycles. The zero-order valence-corrected chi connectivity index (χ0v) is 15.1. The molecule has 2 aromatic rings. The van der Waals surface area contributed by atoms with Crippen LogP contribution < -0.4 is 4.90 Å². The van der Waals surface area contributed by atoms with Crippen LogP contribution >= 0.6 is 11.8 Å². The van der Waals surface area contributed by atoms with E-state index in [4.69, 9.17) is 0 Å². The zero-order valence-electron chi connectivity index (χ0n) is 14.3. The summed E-state index contributed by atoms with van der Waals surface area (Å²) < 4.78 is 0. The average Bonchev–Trinajstić information content (AvgIpc) is 2.90. The highest BCUT2D eigenvalue weighted by Gasteiger charge is 2.42. The van der Waals surface area contributed by atoms with E-state index in [1.54, 1.807) is 24.1 Å². The topological polar surface area (TPSA) is 83.8 Å². The van der Waals surface area contributed by atoms with E-state index in [1.807, 2.05) is 31.2 Å². The number of carbonyl (C=O) groups excluding carboxylic acids is 2.